The first-order valence-corrected chi connectivity index (χ1v) is 10.0. The minimum Gasteiger partial charge on any atom is -0.484 e. The summed E-state index contributed by atoms with van der Waals surface area (Å²) in [6, 6.07) is 5.72. The van der Waals surface area contributed by atoms with Crippen molar-refractivity contribution in [3.63, 3.8) is 0 Å². The fourth-order valence-corrected chi connectivity index (χ4v) is 3.96. The molecule has 0 aromatic heterocycles. The molecule has 27 heavy (non-hydrogen) atoms. The summed E-state index contributed by atoms with van der Waals surface area (Å²) in [7, 11) is 0. The third-order valence-corrected chi connectivity index (χ3v) is 5.92. The largest absolute Gasteiger partial charge is 0.484 e. The Bertz CT molecular complexity index is 638. The molecule has 5 nitrogen and oxygen atoms in total. The van der Waals surface area contributed by atoms with Crippen LogP contribution in [0.4, 0.5) is 4.39 Å². The topological polar surface area (TPSA) is 48.0 Å². The van der Waals surface area contributed by atoms with Crippen molar-refractivity contribution in [1.29, 1.82) is 0 Å². The van der Waals surface area contributed by atoms with Gasteiger partial charge in [0.1, 0.15) is 11.6 Å². The molecule has 0 N–H and O–H groups in total. The van der Waals surface area contributed by atoms with Crippen LogP contribution in [0, 0.1) is 11.7 Å². The van der Waals surface area contributed by atoms with E-state index in [1.807, 2.05) is 4.90 Å². The molecule has 1 aromatic rings. The van der Waals surface area contributed by atoms with Gasteiger partial charge in [-0.25, -0.2) is 4.39 Å². The highest BCUT2D eigenvalue weighted by Crippen LogP contribution is 2.37. The normalized spacial score (nSPS) is 24.8. The Hall–Kier alpha value is -1.66. The Morgan fingerprint density at radius 1 is 1.19 bits per heavy atom. The maximum Gasteiger partial charge on any atom is 0.260 e. The van der Waals surface area contributed by atoms with Gasteiger partial charge in [0.05, 0.1) is 11.7 Å². The maximum atomic E-state index is 12.9. The molecule has 4 rings (SSSR count). The minimum atomic E-state index is -0.318. The first-order valence-electron chi connectivity index (χ1n) is 10.0. The molecule has 1 saturated carbocycles. The molecule has 6 heteroatoms. The van der Waals surface area contributed by atoms with Crippen molar-refractivity contribution in [2.45, 2.75) is 50.2 Å². The molecule has 2 saturated heterocycles. The molecule has 1 atom stereocenters. The molecule has 2 heterocycles. The number of nitrogens with zero attached hydrogens (tertiary/aromatic N) is 1. The molecule has 1 spiro atoms. The van der Waals surface area contributed by atoms with Crippen LogP contribution in [0.3, 0.4) is 0 Å². The lowest BCUT2D eigenvalue weighted by atomic mass is 9.83. The monoisotopic (exact) mass is 377 g/mol. The zero-order chi connectivity index (χ0) is 18.7. The van der Waals surface area contributed by atoms with E-state index in [1.54, 1.807) is 0 Å². The second kappa shape index (κ2) is 8.15. The Morgan fingerprint density at radius 2 is 1.93 bits per heavy atom. The van der Waals surface area contributed by atoms with E-state index in [-0.39, 0.29) is 23.9 Å². The number of hydrogen-bond donors (Lipinski definition) is 0. The van der Waals surface area contributed by atoms with Gasteiger partial charge in [-0.15, -0.1) is 0 Å². The van der Waals surface area contributed by atoms with Crippen LogP contribution in [0.1, 0.15) is 38.5 Å². The van der Waals surface area contributed by atoms with Crippen LogP contribution < -0.4 is 4.74 Å². The lowest BCUT2D eigenvalue weighted by molar-refractivity contribution is -0.162. The first-order chi connectivity index (χ1) is 13.1. The second-order valence-corrected chi connectivity index (χ2v) is 8.05. The minimum absolute atomic E-state index is 0.0212. The number of hydrogen-bond acceptors (Lipinski definition) is 4. The van der Waals surface area contributed by atoms with Crippen molar-refractivity contribution in [1.82, 2.24) is 4.90 Å². The standard InChI is InChI=1S/C21H28FNO4/c22-17-3-5-18(6-4-17)26-15-20(24)23-10-8-21(9-11-23)13-19(7-12-27-21)25-14-16-1-2-16/h3-6,16,19H,1-2,7-15H2. The van der Waals surface area contributed by atoms with Gasteiger partial charge in [0.2, 0.25) is 0 Å². The van der Waals surface area contributed by atoms with Crippen LogP contribution in [-0.2, 0) is 14.3 Å². The van der Waals surface area contributed by atoms with E-state index in [2.05, 4.69) is 0 Å². The number of halogens is 1. The van der Waals surface area contributed by atoms with Crippen molar-refractivity contribution < 1.29 is 23.4 Å². The zero-order valence-corrected chi connectivity index (χ0v) is 15.7. The molecule has 2 aliphatic heterocycles. The smallest absolute Gasteiger partial charge is 0.260 e. The van der Waals surface area contributed by atoms with Gasteiger partial charge in [0.15, 0.2) is 6.61 Å². The highest BCUT2D eigenvalue weighted by Gasteiger charge is 2.41. The molecule has 3 aliphatic rings. The summed E-state index contributed by atoms with van der Waals surface area (Å²) in [4.78, 5) is 14.3. The van der Waals surface area contributed by atoms with Gasteiger partial charge in [0, 0.05) is 32.7 Å². The van der Waals surface area contributed by atoms with Crippen LogP contribution in [0.15, 0.2) is 24.3 Å². The van der Waals surface area contributed by atoms with Crippen molar-refractivity contribution >= 4 is 5.91 Å². The predicted octanol–water partition coefficient (Wildman–Crippen LogP) is 3.17. The quantitative estimate of drug-likeness (QED) is 0.764. The lowest BCUT2D eigenvalue weighted by Gasteiger charge is -2.46. The number of amides is 1. The van der Waals surface area contributed by atoms with Gasteiger partial charge in [-0.1, -0.05) is 0 Å². The van der Waals surface area contributed by atoms with Gasteiger partial charge in [0.25, 0.3) is 5.91 Å². The fourth-order valence-electron chi connectivity index (χ4n) is 3.96. The maximum absolute atomic E-state index is 12.9. The Kier molecular flexibility index (Phi) is 5.64. The third-order valence-electron chi connectivity index (χ3n) is 5.92. The molecule has 0 bridgehead atoms. The van der Waals surface area contributed by atoms with E-state index < -0.39 is 0 Å². The Morgan fingerprint density at radius 3 is 2.63 bits per heavy atom. The molecular weight excluding hydrogens is 349 g/mol. The summed E-state index contributed by atoms with van der Waals surface area (Å²) >= 11 is 0. The van der Waals surface area contributed by atoms with Gasteiger partial charge in [-0.2, -0.15) is 0 Å². The Labute approximate surface area is 159 Å². The third kappa shape index (κ3) is 4.99. The lowest BCUT2D eigenvalue weighted by Crippen LogP contribution is -2.52. The summed E-state index contributed by atoms with van der Waals surface area (Å²) in [5.41, 5.74) is -0.138. The average molecular weight is 377 g/mol. The fraction of sp³-hybridized carbons (Fsp3) is 0.667. The number of rotatable bonds is 6. The van der Waals surface area contributed by atoms with Crippen molar-refractivity contribution in [2.75, 3.05) is 32.9 Å². The SMILES string of the molecule is O=C(COc1ccc(F)cc1)N1CCC2(CC1)CC(OCC1CC1)CCO2. The predicted molar refractivity (Wildman–Crippen MR) is 98.1 cm³/mol. The van der Waals surface area contributed by atoms with E-state index >= 15 is 0 Å². The van der Waals surface area contributed by atoms with Crippen LogP contribution in [0.5, 0.6) is 5.75 Å². The molecule has 3 fully saturated rings. The molecule has 148 valence electrons. The highest BCUT2D eigenvalue weighted by molar-refractivity contribution is 5.77. The Balaban J connectivity index is 1.22. The summed E-state index contributed by atoms with van der Waals surface area (Å²) in [5, 5.41) is 0. The molecule has 1 unspecified atom stereocenters. The number of ether oxygens (including phenoxy) is 3. The van der Waals surface area contributed by atoms with Gasteiger partial charge in [-0.05, 0) is 62.3 Å². The number of likely N-dealkylation sites (tertiary alicyclic amines) is 1. The number of carbonyl (C=O) groups is 1. The van der Waals surface area contributed by atoms with Crippen LogP contribution in [0.2, 0.25) is 0 Å². The van der Waals surface area contributed by atoms with E-state index in [4.69, 9.17) is 14.2 Å². The summed E-state index contributed by atoms with van der Waals surface area (Å²) in [6.45, 7) is 2.98. The number of carbonyl (C=O) groups excluding carboxylic acids is 1. The molecule has 1 amide bonds. The van der Waals surface area contributed by atoms with Crippen LogP contribution in [-0.4, -0.2) is 55.4 Å². The molecule has 1 aliphatic carbocycles. The van der Waals surface area contributed by atoms with E-state index in [9.17, 15) is 9.18 Å². The second-order valence-electron chi connectivity index (χ2n) is 8.05. The summed E-state index contributed by atoms with van der Waals surface area (Å²) < 4.78 is 30.6. The zero-order valence-electron chi connectivity index (χ0n) is 15.7. The number of piperidine rings is 1. The van der Waals surface area contributed by atoms with Crippen molar-refractivity contribution in [2.24, 2.45) is 5.92 Å². The molecule has 1 aromatic carbocycles. The van der Waals surface area contributed by atoms with Crippen LogP contribution in [0.25, 0.3) is 0 Å². The van der Waals surface area contributed by atoms with E-state index in [0.29, 0.717) is 24.9 Å². The van der Waals surface area contributed by atoms with Gasteiger partial charge in [-0.3, -0.25) is 4.79 Å². The van der Waals surface area contributed by atoms with Crippen LogP contribution >= 0.6 is 0 Å². The number of benzene rings is 1. The average Bonchev–Trinajstić information content (AvgIpc) is 3.51. The van der Waals surface area contributed by atoms with Crippen molar-refractivity contribution in [3.05, 3.63) is 30.1 Å². The summed E-state index contributed by atoms with van der Waals surface area (Å²) in [6.07, 6.45) is 6.52. The van der Waals surface area contributed by atoms with Crippen molar-refractivity contribution in [3.8, 4) is 5.75 Å². The van der Waals surface area contributed by atoms with E-state index in [1.165, 1.54) is 37.1 Å². The molecular formula is C21H28FNO4. The van der Waals surface area contributed by atoms with Gasteiger partial charge >= 0.3 is 0 Å². The highest BCUT2D eigenvalue weighted by atomic mass is 19.1. The van der Waals surface area contributed by atoms with Gasteiger partial charge < -0.3 is 19.1 Å². The first kappa shape index (κ1) is 18.7. The van der Waals surface area contributed by atoms with E-state index in [0.717, 1.165) is 44.8 Å². The summed E-state index contributed by atoms with van der Waals surface area (Å²) in [5.74, 6) is 0.933. The molecule has 0 radical (unpaired) electrons.